The molecule has 16 heteroatoms. The van der Waals surface area contributed by atoms with E-state index in [1.165, 1.54) is 28.8 Å². The molecule has 0 spiro atoms. The molecule has 0 radical (unpaired) electrons. The normalized spacial score (nSPS) is 17.6. The van der Waals surface area contributed by atoms with Gasteiger partial charge in [0.25, 0.3) is 15.9 Å². The number of ether oxygens (including phenoxy) is 1. The molecule has 0 bridgehead atoms. The number of sulfonamides is 1. The van der Waals surface area contributed by atoms with Crippen molar-refractivity contribution in [3.63, 3.8) is 0 Å². The van der Waals surface area contributed by atoms with E-state index in [9.17, 15) is 18.4 Å². The molecule has 0 atom stereocenters. The first kappa shape index (κ1) is 44.8. The highest BCUT2D eigenvalue weighted by atomic mass is 35.5. The number of likely N-dealkylation sites (tertiary alicyclic amines) is 1. The predicted molar refractivity (Wildman–Crippen MR) is 260 cm³/mol. The Hall–Kier alpha value is -5.42. The number of aromatic amines is 1. The molecule has 2 aromatic heterocycles. The number of hydrogen-bond donors (Lipinski definition) is 5. The summed E-state index contributed by atoms with van der Waals surface area (Å²) in [6.45, 7) is 11.4. The fourth-order valence-corrected chi connectivity index (χ4v) is 11.0. The zero-order chi connectivity index (χ0) is 45.1. The number of hydrogen-bond acceptors (Lipinski definition) is 12. The molecule has 2 saturated heterocycles. The lowest BCUT2D eigenvalue weighted by Crippen LogP contribution is -2.47. The summed E-state index contributed by atoms with van der Waals surface area (Å²) < 4.78 is 36.4. The van der Waals surface area contributed by atoms with Gasteiger partial charge in [-0.25, -0.2) is 18.1 Å². The third-order valence-electron chi connectivity index (χ3n) is 12.9. The Bertz CT molecular complexity index is 2780. The van der Waals surface area contributed by atoms with Gasteiger partial charge in [0.2, 0.25) is 0 Å². The number of anilines is 3. The van der Waals surface area contributed by atoms with E-state index in [-0.39, 0.29) is 33.4 Å². The van der Waals surface area contributed by atoms with Crippen molar-refractivity contribution in [2.24, 2.45) is 5.41 Å². The van der Waals surface area contributed by atoms with Gasteiger partial charge in [0.15, 0.2) is 0 Å². The van der Waals surface area contributed by atoms with Crippen LogP contribution in [0.1, 0.15) is 66.9 Å². The number of amides is 1. The van der Waals surface area contributed by atoms with Gasteiger partial charge < -0.3 is 19.9 Å². The molecule has 5 N–H and O–H groups in total. The van der Waals surface area contributed by atoms with Crippen molar-refractivity contribution in [3.05, 3.63) is 129 Å². The molecule has 3 aliphatic rings. The van der Waals surface area contributed by atoms with Crippen LogP contribution in [0.3, 0.4) is 0 Å². The minimum absolute atomic E-state index is 0.0620. The average molecular weight is 936 g/mol. The Kier molecular flexibility index (Phi) is 13.2. The molecular formula is C49H55ClN8O5S2. The number of fused-ring (bicyclic) bond motifs is 1. The Morgan fingerprint density at radius 1 is 0.923 bits per heavy atom. The number of nitrogens with zero attached hydrogens (tertiary/aromatic N) is 4. The molecule has 6 aromatic rings. The van der Waals surface area contributed by atoms with Crippen LogP contribution >= 0.6 is 22.9 Å². The van der Waals surface area contributed by atoms with E-state index in [4.69, 9.17) is 16.3 Å². The summed E-state index contributed by atoms with van der Waals surface area (Å²) in [4.78, 5) is 28.6. The largest absolute Gasteiger partial charge is 0.456 e. The number of rotatable bonds is 14. The molecule has 340 valence electrons. The lowest BCUT2D eigenvalue weighted by Gasteiger charge is -2.39. The summed E-state index contributed by atoms with van der Waals surface area (Å²) in [5.41, 5.74) is 9.17. The molecular weight excluding hydrogens is 880 g/mol. The van der Waals surface area contributed by atoms with E-state index in [2.05, 4.69) is 66.2 Å². The lowest BCUT2D eigenvalue weighted by atomic mass is 9.72. The second kappa shape index (κ2) is 19.2. The minimum Gasteiger partial charge on any atom is -0.456 e. The van der Waals surface area contributed by atoms with Crippen LogP contribution in [-0.2, 0) is 16.6 Å². The summed E-state index contributed by atoms with van der Waals surface area (Å²) in [6.07, 6.45) is 8.66. The predicted octanol–water partition coefficient (Wildman–Crippen LogP) is 9.85. The van der Waals surface area contributed by atoms with Crippen molar-refractivity contribution in [1.82, 2.24) is 24.5 Å². The van der Waals surface area contributed by atoms with Gasteiger partial charge in [-0.15, -0.1) is 11.3 Å². The number of carbonyl (C=O) groups is 1. The number of piperazine rings is 1. The maximum absolute atomic E-state index is 14.0. The first-order chi connectivity index (χ1) is 31.4. The van der Waals surface area contributed by atoms with Gasteiger partial charge in [0, 0.05) is 97.3 Å². The number of aromatic nitrogens is 2. The fourth-order valence-electron chi connectivity index (χ4n) is 9.22. The smallest absolute Gasteiger partial charge is 0.268 e. The van der Waals surface area contributed by atoms with Crippen molar-refractivity contribution in [2.45, 2.75) is 63.4 Å². The highest BCUT2D eigenvalue weighted by Crippen LogP contribution is 2.43. The highest BCUT2D eigenvalue weighted by molar-refractivity contribution is 7.90. The second-order valence-electron chi connectivity index (χ2n) is 18.1. The molecule has 2 fully saturated rings. The zero-order valence-electron chi connectivity index (χ0n) is 36.6. The Balaban J connectivity index is 0.894. The van der Waals surface area contributed by atoms with E-state index in [1.54, 1.807) is 23.5 Å². The number of halogens is 1. The van der Waals surface area contributed by atoms with Crippen LogP contribution in [0.15, 0.2) is 113 Å². The van der Waals surface area contributed by atoms with Gasteiger partial charge in [0.05, 0.1) is 28.4 Å². The van der Waals surface area contributed by atoms with Crippen LogP contribution in [0, 0.1) is 5.41 Å². The third-order valence-corrected chi connectivity index (χ3v) is 15.3. The molecule has 4 aromatic carbocycles. The van der Waals surface area contributed by atoms with Crippen LogP contribution in [0.5, 0.6) is 11.5 Å². The molecule has 0 saturated carbocycles. The maximum atomic E-state index is 14.0. The van der Waals surface area contributed by atoms with Gasteiger partial charge in [0.1, 0.15) is 16.5 Å². The van der Waals surface area contributed by atoms with Crippen LogP contribution in [0.25, 0.3) is 16.5 Å². The van der Waals surface area contributed by atoms with E-state index in [1.807, 2.05) is 66.3 Å². The molecule has 9 rings (SSSR count). The van der Waals surface area contributed by atoms with E-state index < -0.39 is 15.9 Å². The average Bonchev–Trinajstić information content (AvgIpc) is 4.00. The van der Waals surface area contributed by atoms with E-state index >= 15 is 0 Å². The van der Waals surface area contributed by atoms with Crippen molar-refractivity contribution in [2.75, 3.05) is 61.5 Å². The van der Waals surface area contributed by atoms with Gasteiger partial charge >= 0.3 is 0 Å². The van der Waals surface area contributed by atoms with Gasteiger partial charge in [-0.3, -0.25) is 25.3 Å². The maximum Gasteiger partial charge on any atom is 0.268 e. The summed E-state index contributed by atoms with van der Waals surface area (Å²) in [6, 6.07) is 25.5. The monoisotopic (exact) mass is 934 g/mol. The summed E-state index contributed by atoms with van der Waals surface area (Å²) in [5.74, 6) is -0.113. The molecule has 13 nitrogen and oxygen atoms in total. The first-order valence-electron chi connectivity index (χ1n) is 22.2. The number of carbonyl (C=O) groups excluding carboxylic acids is 1. The van der Waals surface area contributed by atoms with Crippen molar-refractivity contribution in [1.29, 1.82) is 0 Å². The summed E-state index contributed by atoms with van der Waals surface area (Å²) in [5, 5.41) is 18.3. The van der Waals surface area contributed by atoms with Gasteiger partial charge in [-0.1, -0.05) is 43.2 Å². The minimum atomic E-state index is -4.39. The van der Waals surface area contributed by atoms with Gasteiger partial charge in [-0.05, 0) is 115 Å². The molecule has 1 aliphatic carbocycles. The second-order valence-corrected chi connectivity index (χ2v) is 21.2. The number of allylic oxidation sites excluding steroid dienone is 1. The lowest BCUT2D eigenvalue weighted by molar-refractivity contribution is 0.0979. The molecule has 2 aliphatic heterocycles. The summed E-state index contributed by atoms with van der Waals surface area (Å²) >= 11 is 7.91. The topological polar surface area (TPSA) is 155 Å². The zero-order valence-corrected chi connectivity index (χ0v) is 39.0. The number of H-pyrrole nitrogens is 1. The fraction of sp³-hybridized carbons (Fsp3) is 0.347. The van der Waals surface area contributed by atoms with E-state index in [0.717, 1.165) is 111 Å². The highest BCUT2D eigenvalue weighted by Gasteiger charge is 2.30. The molecule has 0 unspecified atom stereocenters. The Morgan fingerprint density at radius 2 is 1.71 bits per heavy atom. The quantitative estimate of drug-likeness (QED) is 0.0663. The number of piperidine rings is 1. The summed E-state index contributed by atoms with van der Waals surface area (Å²) in [7, 11) is -4.39. The van der Waals surface area contributed by atoms with E-state index in [0.29, 0.717) is 11.4 Å². The SMILES string of the molecule is CC1(C)CCC(CN2CCN(c3ccc(C(=O)NS(=O)(=O)c4ccc(NC5CCN(Cc6nccs6)CC5)c(NO)c4)c(Oc4ccc5[nH]ccc5c4)c3)CC2)=C(c2ccc(Cl)cc2)C1. The van der Waals surface area contributed by atoms with Crippen LogP contribution in [0.2, 0.25) is 5.02 Å². The third kappa shape index (κ3) is 10.7. The first-order valence-corrected chi connectivity index (χ1v) is 24.9. The molecule has 1 amide bonds. The number of thiazole rings is 1. The Labute approximate surface area is 389 Å². The van der Waals surface area contributed by atoms with Gasteiger partial charge in [-0.2, -0.15) is 0 Å². The molecule has 4 heterocycles. The van der Waals surface area contributed by atoms with Crippen LogP contribution < -0.4 is 25.2 Å². The van der Waals surface area contributed by atoms with Crippen molar-refractivity contribution >= 4 is 72.4 Å². The van der Waals surface area contributed by atoms with Crippen LogP contribution in [-0.4, -0.2) is 91.2 Å². The van der Waals surface area contributed by atoms with Crippen molar-refractivity contribution < 1.29 is 23.2 Å². The molecule has 65 heavy (non-hydrogen) atoms. The number of benzene rings is 4. The standard InChI is InChI=1S/C49H55ClN8O5S2/c1-49(2)17-13-35(42(30-49)33-3-5-36(50)6-4-33)31-57-22-24-58(25-23-57)38-7-10-41(46(28-38)63-39-8-11-43-34(27-39)14-18-51-43)48(59)55-65(61,62)40-9-12-44(45(29-40)54-60)53-37-15-20-56(21-16-37)32-47-52-19-26-64-47/h3-12,14,18-19,26-29,37,51,53-54,60H,13,15-17,20-25,30-32H2,1-2H3,(H,55,59). The van der Waals surface area contributed by atoms with Crippen molar-refractivity contribution in [3.8, 4) is 11.5 Å². The van der Waals surface area contributed by atoms with Crippen LogP contribution in [0.4, 0.5) is 17.1 Å². The Morgan fingerprint density at radius 3 is 2.46 bits per heavy atom. The number of nitrogens with one attached hydrogen (secondary N) is 4.